The van der Waals surface area contributed by atoms with Crippen LogP contribution in [0.3, 0.4) is 0 Å². The fraction of sp³-hybridized carbons (Fsp3) is 0.600. The molecule has 3 rings (SSSR count). The number of ether oxygens (including phenoxy) is 1. The third kappa shape index (κ3) is 4.36. The fourth-order valence-electron chi connectivity index (χ4n) is 2.90. The fourth-order valence-corrected chi connectivity index (χ4v) is 3.54. The van der Waals surface area contributed by atoms with Crippen LogP contribution in [0.15, 0.2) is 30.2 Å². The van der Waals surface area contributed by atoms with Gasteiger partial charge in [0.15, 0.2) is 0 Å². The highest BCUT2D eigenvalue weighted by atomic mass is 32.1. The normalized spacial score (nSPS) is 20.5. The third-order valence-electron chi connectivity index (χ3n) is 3.94. The molecule has 1 aliphatic rings. The summed E-state index contributed by atoms with van der Waals surface area (Å²) in [4.78, 5) is 7.51. The third-order valence-corrected chi connectivity index (χ3v) is 4.79. The van der Waals surface area contributed by atoms with E-state index in [4.69, 9.17) is 4.74 Å². The molecular weight excluding hydrogens is 300 g/mol. The Hall–Kier alpha value is -1.28. The molecule has 2 aromatic heterocycles. The highest BCUT2D eigenvalue weighted by Crippen LogP contribution is 2.19. The summed E-state index contributed by atoms with van der Waals surface area (Å²) in [6.07, 6.45) is 5.17. The van der Waals surface area contributed by atoms with Crippen LogP contribution in [-0.2, 0) is 17.9 Å². The van der Waals surface area contributed by atoms with Crippen LogP contribution in [0.25, 0.3) is 0 Å². The van der Waals surface area contributed by atoms with Gasteiger partial charge in [0, 0.05) is 17.5 Å². The van der Waals surface area contributed by atoms with Crippen molar-refractivity contribution in [3.63, 3.8) is 0 Å². The molecule has 3 heterocycles. The average molecular weight is 322 g/mol. The van der Waals surface area contributed by atoms with Crippen molar-refractivity contribution >= 4 is 11.3 Å². The van der Waals surface area contributed by atoms with E-state index in [1.165, 1.54) is 11.3 Å². The van der Waals surface area contributed by atoms with Gasteiger partial charge in [0.25, 0.3) is 0 Å². The maximum atomic E-state index is 10.2. The molecule has 0 unspecified atom stereocenters. The predicted molar refractivity (Wildman–Crippen MR) is 84.6 cm³/mol. The minimum absolute atomic E-state index is 0.379. The quantitative estimate of drug-likeness (QED) is 0.795. The van der Waals surface area contributed by atoms with Gasteiger partial charge in [-0.25, -0.2) is 4.98 Å². The molecule has 6 nitrogen and oxygen atoms in total. The molecule has 120 valence electrons. The number of nitrogens with zero attached hydrogens (tertiary/aromatic N) is 4. The van der Waals surface area contributed by atoms with Crippen molar-refractivity contribution in [1.29, 1.82) is 0 Å². The van der Waals surface area contributed by atoms with E-state index in [1.54, 1.807) is 24.0 Å². The largest absolute Gasteiger partial charge is 0.389 e. The Morgan fingerprint density at radius 2 is 2.45 bits per heavy atom. The SMILES string of the molecule is O[C@@H](COCc1cccs1)CN1CCC[C@H]1Cn1cncn1. The highest BCUT2D eigenvalue weighted by molar-refractivity contribution is 7.09. The molecule has 2 atom stereocenters. The number of hydrogen-bond donors (Lipinski definition) is 1. The zero-order chi connectivity index (χ0) is 15.2. The van der Waals surface area contributed by atoms with Crippen LogP contribution in [0.5, 0.6) is 0 Å². The van der Waals surface area contributed by atoms with E-state index in [1.807, 2.05) is 22.2 Å². The predicted octanol–water partition coefficient (Wildman–Crippen LogP) is 1.38. The number of β-amino-alcohol motifs (C(OH)–C–C–N with tert-alkyl or cyclic N) is 1. The van der Waals surface area contributed by atoms with Gasteiger partial charge in [-0.3, -0.25) is 9.58 Å². The van der Waals surface area contributed by atoms with Crippen LogP contribution in [0.4, 0.5) is 0 Å². The smallest absolute Gasteiger partial charge is 0.137 e. The van der Waals surface area contributed by atoms with Crippen LogP contribution in [0.2, 0.25) is 0 Å². The second kappa shape index (κ2) is 7.82. The van der Waals surface area contributed by atoms with Gasteiger partial charge in [0.05, 0.1) is 25.9 Å². The van der Waals surface area contributed by atoms with Gasteiger partial charge in [-0.1, -0.05) is 6.07 Å². The zero-order valence-electron chi connectivity index (χ0n) is 12.5. The second-order valence-electron chi connectivity index (χ2n) is 5.66. The first-order chi connectivity index (χ1) is 10.8. The number of aliphatic hydroxyl groups excluding tert-OH is 1. The van der Waals surface area contributed by atoms with Crippen LogP contribution < -0.4 is 0 Å². The molecule has 0 aromatic carbocycles. The molecule has 0 amide bonds. The van der Waals surface area contributed by atoms with Crippen molar-refractivity contribution in [2.45, 2.75) is 38.1 Å². The van der Waals surface area contributed by atoms with Crippen molar-refractivity contribution in [3.05, 3.63) is 35.0 Å². The van der Waals surface area contributed by atoms with Crippen molar-refractivity contribution in [2.75, 3.05) is 19.7 Å². The number of hydrogen-bond acceptors (Lipinski definition) is 6. The molecule has 0 spiro atoms. The van der Waals surface area contributed by atoms with Crippen molar-refractivity contribution in [1.82, 2.24) is 19.7 Å². The zero-order valence-corrected chi connectivity index (χ0v) is 13.4. The lowest BCUT2D eigenvalue weighted by Gasteiger charge is -2.26. The van der Waals surface area contributed by atoms with E-state index in [0.29, 0.717) is 25.8 Å². The molecule has 22 heavy (non-hydrogen) atoms. The molecule has 1 N–H and O–H groups in total. The summed E-state index contributed by atoms with van der Waals surface area (Å²) in [6.45, 7) is 3.48. The summed E-state index contributed by atoms with van der Waals surface area (Å²) in [5, 5.41) is 16.4. The minimum atomic E-state index is -0.448. The first kappa shape index (κ1) is 15.6. The Bertz CT molecular complexity index is 532. The number of thiophene rings is 1. The number of aromatic nitrogens is 3. The summed E-state index contributed by atoms with van der Waals surface area (Å²) in [5.41, 5.74) is 0. The molecule has 7 heteroatoms. The van der Waals surface area contributed by atoms with Crippen LogP contribution in [0, 0.1) is 0 Å². The van der Waals surface area contributed by atoms with E-state index in [9.17, 15) is 5.11 Å². The van der Waals surface area contributed by atoms with Crippen LogP contribution in [0.1, 0.15) is 17.7 Å². The molecule has 0 radical (unpaired) electrons. The summed E-state index contributed by atoms with van der Waals surface area (Å²) in [6, 6.07) is 4.48. The topological polar surface area (TPSA) is 63.4 Å². The van der Waals surface area contributed by atoms with Gasteiger partial charge >= 0.3 is 0 Å². The molecule has 1 saturated heterocycles. The van der Waals surface area contributed by atoms with Gasteiger partial charge in [0.1, 0.15) is 12.7 Å². The molecule has 0 saturated carbocycles. The van der Waals surface area contributed by atoms with Gasteiger partial charge in [-0.2, -0.15) is 5.10 Å². The number of likely N-dealkylation sites (tertiary alicyclic amines) is 1. The molecule has 1 aliphatic heterocycles. The summed E-state index contributed by atoms with van der Waals surface area (Å²) in [5.74, 6) is 0. The monoisotopic (exact) mass is 322 g/mol. The van der Waals surface area contributed by atoms with Crippen molar-refractivity contribution in [3.8, 4) is 0 Å². The number of rotatable bonds is 8. The lowest BCUT2D eigenvalue weighted by atomic mass is 10.2. The number of aliphatic hydroxyl groups is 1. The Morgan fingerprint density at radius 3 is 3.23 bits per heavy atom. The van der Waals surface area contributed by atoms with Crippen LogP contribution >= 0.6 is 11.3 Å². The second-order valence-corrected chi connectivity index (χ2v) is 6.69. The Labute approximate surface area is 134 Å². The molecule has 2 aromatic rings. The molecule has 1 fully saturated rings. The summed E-state index contributed by atoms with van der Waals surface area (Å²) in [7, 11) is 0. The lowest BCUT2D eigenvalue weighted by molar-refractivity contribution is 0.00740. The standard InChI is InChI=1S/C15H22N4O2S/c20-14(9-21-10-15-4-2-6-22-15)8-18-5-1-3-13(18)7-19-12-16-11-17-19/h2,4,6,11-14,20H,1,3,5,7-10H2/t13-,14+/m0/s1. The first-order valence-electron chi connectivity index (χ1n) is 7.66. The Balaban J connectivity index is 1.40. The van der Waals surface area contributed by atoms with Crippen LogP contribution in [-0.4, -0.2) is 56.6 Å². The van der Waals surface area contributed by atoms with Gasteiger partial charge in [0.2, 0.25) is 0 Å². The van der Waals surface area contributed by atoms with E-state index >= 15 is 0 Å². The Morgan fingerprint density at radius 1 is 1.50 bits per heavy atom. The maximum absolute atomic E-state index is 10.2. The van der Waals surface area contributed by atoms with Crippen molar-refractivity contribution in [2.24, 2.45) is 0 Å². The minimum Gasteiger partial charge on any atom is -0.389 e. The Kier molecular flexibility index (Phi) is 5.55. The molecule has 0 aliphatic carbocycles. The summed E-state index contributed by atoms with van der Waals surface area (Å²) >= 11 is 1.68. The van der Waals surface area contributed by atoms with Gasteiger partial charge < -0.3 is 9.84 Å². The van der Waals surface area contributed by atoms with E-state index in [0.717, 1.165) is 19.5 Å². The van der Waals surface area contributed by atoms with E-state index in [2.05, 4.69) is 15.0 Å². The maximum Gasteiger partial charge on any atom is 0.137 e. The highest BCUT2D eigenvalue weighted by Gasteiger charge is 2.26. The molecule has 0 bridgehead atoms. The van der Waals surface area contributed by atoms with Gasteiger partial charge in [-0.15, -0.1) is 11.3 Å². The van der Waals surface area contributed by atoms with E-state index < -0.39 is 6.10 Å². The molecular formula is C15H22N4O2S. The van der Waals surface area contributed by atoms with E-state index in [-0.39, 0.29) is 0 Å². The van der Waals surface area contributed by atoms with Gasteiger partial charge in [-0.05, 0) is 30.8 Å². The summed E-state index contributed by atoms with van der Waals surface area (Å²) < 4.78 is 7.46. The van der Waals surface area contributed by atoms with Crippen molar-refractivity contribution < 1.29 is 9.84 Å². The average Bonchev–Trinajstić information content (AvgIpc) is 3.23. The first-order valence-corrected chi connectivity index (χ1v) is 8.54. The lowest BCUT2D eigenvalue weighted by Crippen LogP contribution is -2.40.